The minimum Gasteiger partial charge on any atom is -0.313 e. The SMILES string of the molecule is CNCC(=O)c1c(Cl)nc2sccn12. The van der Waals surface area contributed by atoms with Gasteiger partial charge in [0.05, 0.1) is 6.54 Å². The van der Waals surface area contributed by atoms with Gasteiger partial charge in [0.2, 0.25) is 0 Å². The normalized spacial score (nSPS) is 11.0. The first kappa shape index (κ1) is 9.64. The largest absolute Gasteiger partial charge is 0.313 e. The van der Waals surface area contributed by atoms with Gasteiger partial charge in [-0.1, -0.05) is 11.6 Å². The maximum absolute atomic E-state index is 11.6. The summed E-state index contributed by atoms with van der Waals surface area (Å²) in [5.74, 6) is -0.0524. The lowest BCUT2D eigenvalue weighted by Crippen LogP contribution is -2.20. The number of likely N-dealkylation sites (N-methyl/N-ethyl adjacent to an activating group) is 1. The Balaban J connectivity index is 2.53. The van der Waals surface area contributed by atoms with Crippen LogP contribution in [-0.2, 0) is 0 Å². The number of hydrogen-bond donors (Lipinski definition) is 1. The molecule has 0 radical (unpaired) electrons. The Kier molecular flexibility index (Phi) is 2.54. The molecule has 4 nitrogen and oxygen atoms in total. The topological polar surface area (TPSA) is 46.4 Å². The van der Waals surface area contributed by atoms with Crippen molar-refractivity contribution in [3.8, 4) is 0 Å². The third-order valence-electron chi connectivity index (χ3n) is 1.82. The van der Waals surface area contributed by atoms with Crippen LogP contribution < -0.4 is 5.32 Å². The number of carbonyl (C=O) groups excluding carboxylic acids is 1. The molecule has 0 unspecified atom stereocenters. The average Bonchev–Trinajstić information content (AvgIpc) is 2.63. The highest BCUT2D eigenvalue weighted by Crippen LogP contribution is 2.21. The van der Waals surface area contributed by atoms with E-state index < -0.39 is 0 Å². The fourth-order valence-electron chi connectivity index (χ4n) is 1.25. The van der Waals surface area contributed by atoms with Crippen LogP contribution in [0.2, 0.25) is 5.15 Å². The summed E-state index contributed by atoms with van der Waals surface area (Å²) in [7, 11) is 1.72. The van der Waals surface area contributed by atoms with Crippen molar-refractivity contribution in [3.05, 3.63) is 22.4 Å². The van der Waals surface area contributed by atoms with Crippen LogP contribution in [0, 0.1) is 0 Å². The van der Waals surface area contributed by atoms with Crippen molar-refractivity contribution < 1.29 is 4.79 Å². The van der Waals surface area contributed by atoms with Gasteiger partial charge in [0, 0.05) is 11.6 Å². The summed E-state index contributed by atoms with van der Waals surface area (Å²) in [6, 6.07) is 0. The number of ketones is 1. The number of carbonyl (C=O) groups is 1. The minimum atomic E-state index is -0.0524. The molecule has 0 amide bonds. The van der Waals surface area contributed by atoms with Crippen LogP contribution in [0.25, 0.3) is 4.96 Å². The van der Waals surface area contributed by atoms with Gasteiger partial charge in [-0.15, -0.1) is 11.3 Å². The quantitative estimate of drug-likeness (QED) is 0.811. The molecular formula is C8H8ClN3OS. The molecule has 2 rings (SSSR count). The Morgan fingerprint density at radius 1 is 1.79 bits per heavy atom. The molecule has 1 N–H and O–H groups in total. The van der Waals surface area contributed by atoms with E-state index in [1.165, 1.54) is 11.3 Å². The summed E-state index contributed by atoms with van der Waals surface area (Å²) >= 11 is 7.32. The molecule has 2 heterocycles. The molecule has 2 aromatic rings. The number of Topliss-reactive ketones (excluding diaryl/α,β-unsaturated/α-hetero) is 1. The molecule has 0 aliphatic carbocycles. The lowest BCUT2D eigenvalue weighted by Gasteiger charge is -1.97. The highest BCUT2D eigenvalue weighted by molar-refractivity contribution is 7.15. The Hall–Kier alpha value is -0.910. The van der Waals surface area contributed by atoms with Gasteiger partial charge in [-0.05, 0) is 7.05 Å². The van der Waals surface area contributed by atoms with Gasteiger partial charge < -0.3 is 5.32 Å². The number of halogens is 1. The highest BCUT2D eigenvalue weighted by Gasteiger charge is 2.17. The Bertz CT molecular complexity index is 476. The fraction of sp³-hybridized carbons (Fsp3) is 0.250. The molecular weight excluding hydrogens is 222 g/mol. The number of hydrogen-bond acceptors (Lipinski definition) is 4. The first-order chi connectivity index (χ1) is 6.74. The monoisotopic (exact) mass is 229 g/mol. The highest BCUT2D eigenvalue weighted by atomic mass is 35.5. The summed E-state index contributed by atoms with van der Waals surface area (Å²) in [6.45, 7) is 0.267. The van der Waals surface area contributed by atoms with E-state index in [9.17, 15) is 4.79 Å². The molecule has 0 atom stereocenters. The van der Waals surface area contributed by atoms with Gasteiger partial charge in [0.25, 0.3) is 0 Å². The van der Waals surface area contributed by atoms with Gasteiger partial charge in [0.1, 0.15) is 5.69 Å². The number of rotatable bonds is 3. The zero-order valence-electron chi connectivity index (χ0n) is 7.45. The number of thiazole rings is 1. The fourth-order valence-corrected chi connectivity index (χ4v) is 2.29. The maximum Gasteiger partial charge on any atom is 0.196 e. The third-order valence-corrected chi connectivity index (χ3v) is 2.84. The van der Waals surface area contributed by atoms with Crippen molar-refractivity contribution in [1.29, 1.82) is 0 Å². The van der Waals surface area contributed by atoms with Crippen LogP contribution in [0.4, 0.5) is 0 Å². The van der Waals surface area contributed by atoms with E-state index in [2.05, 4.69) is 10.3 Å². The number of nitrogens with one attached hydrogen (secondary N) is 1. The molecule has 74 valence electrons. The van der Waals surface area contributed by atoms with Crippen LogP contribution in [0.1, 0.15) is 10.5 Å². The van der Waals surface area contributed by atoms with Gasteiger partial charge in [0.15, 0.2) is 15.9 Å². The molecule has 0 aliphatic heterocycles. The zero-order chi connectivity index (χ0) is 10.1. The van der Waals surface area contributed by atoms with Gasteiger partial charge in [-0.25, -0.2) is 4.98 Å². The molecule has 0 aromatic carbocycles. The van der Waals surface area contributed by atoms with E-state index in [0.717, 1.165) is 4.96 Å². The molecule has 0 saturated heterocycles. The summed E-state index contributed by atoms with van der Waals surface area (Å²) < 4.78 is 1.71. The van der Waals surface area contributed by atoms with E-state index in [4.69, 9.17) is 11.6 Å². The number of aromatic nitrogens is 2. The summed E-state index contributed by atoms with van der Waals surface area (Å²) in [5.41, 5.74) is 0.456. The molecule has 0 saturated carbocycles. The molecule has 2 aromatic heterocycles. The Morgan fingerprint density at radius 3 is 3.29 bits per heavy atom. The first-order valence-corrected chi connectivity index (χ1v) is 5.28. The molecule has 0 fully saturated rings. The Morgan fingerprint density at radius 2 is 2.57 bits per heavy atom. The molecule has 0 bridgehead atoms. The zero-order valence-corrected chi connectivity index (χ0v) is 9.02. The van der Waals surface area contributed by atoms with E-state index in [1.54, 1.807) is 17.6 Å². The van der Waals surface area contributed by atoms with Crippen molar-refractivity contribution in [2.75, 3.05) is 13.6 Å². The van der Waals surface area contributed by atoms with Crippen molar-refractivity contribution in [2.45, 2.75) is 0 Å². The summed E-state index contributed by atoms with van der Waals surface area (Å²) in [6.07, 6.45) is 1.79. The number of nitrogens with zero attached hydrogens (tertiary/aromatic N) is 2. The van der Waals surface area contributed by atoms with Crippen LogP contribution in [0.5, 0.6) is 0 Å². The molecule has 6 heteroatoms. The number of imidazole rings is 1. The van der Waals surface area contributed by atoms with Gasteiger partial charge in [-0.2, -0.15) is 0 Å². The molecule has 0 spiro atoms. The molecule has 0 aliphatic rings. The summed E-state index contributed by atoms with van der Waals surface area (Å²) in [5, 5.41) is 4.94. The maximum atomic E-state index is 11.6. The van der Waals surface area contributed by atoms with Crippen LogP contribution in [0.15, 0.2) is 11.6 Å². The van der Waals surface area contributed by atoms with Crippen molar-refractivity contribution in [2.24, 2.45) is 0 Å². The average molecular weight is 230 g/mol. The van der Waals surface area contributed by atoms with E-state index in [1.807, 2.05) is 5.38 Å². The smallest absolute Gasteiger partial charge is 0.196 e. The van der Waals surface area contributed by atoms with E-state index in [0.29, 0.717) is 5.69 Å². The van der Waals surface area contributed by atoms with Crippen molar-refractivity contribution in [3.63, 3.8) is 0 Å². The lowest BCUT2D eigenvalue weighted by molar-refractivity contribution is 0.0988. The van der Waals surface area contributed by atoms with Crippen LogP contribution >= 0.6 is 22.9 Å². The second kappa shape index (κ2) is 3.68. The van der Waals surface area contributed by atoms with Gasteiger partial charge >= 0.3 is 0 Å². The van der Waals surface area contributed by atoms with Crippen molar-refractivity contribution >= 4 is 33.7 Å². The van der Waals surface area contributed by atoms with Crippen LogP contribution in [-0.4, -0.2) is 28.8 Å². The van der Waals surface area contributed by atoms with E-state index in [-0.39, 0.29) is 17.5 Å². The Labute approximate surface area is 89.5 Å². The first-order valence-electron chi connectivity index (χ1n) is 4.03. The van der Waals surface area contributed by atoms with Gasteiger partial charge in [-0.3, -0.25) is 9.20 Å². The lowest BCUT2D eigenvalue weighted by atomic mass is 10.3. The van der Waals surface area contributed by atoms with Crippen molar-refractivity contribution in [1.82, 2.24) is 14.7 Å². The van der Waals surface area contributed by atoms with E-state index >= 15 is 0 Å². The third kappa shape index (κ3) is 1.43. The molecule has 14 heavy (non-hydrogen) atoms. The van der Waals surface area contributed by atoms with Crippen LogP contribution in [0.3, 0.4) is 0 Å². The number of fused-ring (bicyclic) bond motifs is 1. The predicted molar refractivity (Wildman–Crippen MR) is 56.3 cm³/mol. The summed E-state index contributed by atoms with van der Waals surface area (Å²) in [4.78, 5) is 16.5. The predicted octanol–water partition coefficient (Wildman–Crippen LogP) is 1.45. The second-order valence-corrected chi connectivity index (χ2v) is 3.99. The second-order valence-electron chi connectivity index (χ2n) is 2.76. The standard InChI is InChI=1S/C8H8ClN3OS/c1-10-4-5(13)6-7(9)11-8-12(6)2-3-14-8/h2-3,10H,4H2,1H3. The minimum absolute atomic E-state index is 0.0524.